The number of nitrogens with one attached hydrogen (secondary N) is 1. The lowest BCUT2D eigenvalue weighted by molar-refractivity contribution is -0.118. The fourth-order valence-corrected chi connectivity index (χ4v) is 3.43. The lowest BCUT2D eigenvalue weighted by Crippen LogP contribution is -2.40. The molecular formula is C18H27IN4O. The molecule has 0 saturated carbocycles. The Hall–Kier alpha value is -1.31. The summed E-state index contributed by atoms with van der Waals surface area (Å²) in [6, 6.07) is 8.21. The highest BCUT2D eigenvalue weighted by Crippen LogP contribution is 2.27. The first kappa shape index (κ1) is 19.0. The summed E-state index contributed by atoms with van der Waals surface area (Å²) in [4.78, 5) is 21.0. The number of para-hydroxylation sites is 1. The smallest absolute Gasteiger partial charge is 0.227 e. The van der Waals surface area contributed by atoms with E-state index in [1.165, 1.54) is 18.4 Å². The zero-order valence-electron chi connectivity index (χ0n) is 14.3. The Morgan fingerprint density at radius 2 is 1.96 bits per heavy atom. The van der Waals surface area contributed by atoms with Gasteiger partial charge in [0.25, 0.3) is 0 Å². The molecule has 1 fully saturated rings. The summed E-state index contributed by atoms with van der Waals surface area (Å²) in [6.07, 6.45) is 4.88. The van der Waals surface area contributed by atoms with Gasteiger partial charge < -0.3 is 15.1 Å². The van der Waals surface area contributed by atoms with Gasteiger partial charge in [-0.3, -0.25) is 9.79 Å². The quantitative estimate of drug-likeness (QED) is 0.338. The van der Waals surface area contributed by atoms with Gasteiger partial charge in [0.1, 0.15) is 0 Å². The predicted octanol–water partition coefficient (Wildman–Crippen LogP) is 2.65. The molecule has 0 bridgehead atoms. The van der Waals surface area contributed by atoms with Crippen LogP contribution in [0.3, 0.4) is 0 Å². The molecule has 1 aromatic rings. The number of fused-ring (bicyclic) bond motifs is 1. The molecule has 1 amide bonds. The number of carbonyl (C=O) groups excluding carboxylic acids is 1. The maximum Gasteiger partial charge on any atom is 0.227 e. The van der Waals surface area contributed by atoms with Gasteiger partial charge in [0.15, 0.2) is 5.96 Å². The van der Waals surface area contributed by atoms with Crippen LogP contribution in [0.5, 0.6) is 0 Å². The van der Waals surface area contributed by atoms with Crippen molar-refractivity contribution in [2.75, 3.05) is 38.1 Å². The summed E-state index contributed by atoms with van der Waals surface area (Å²) in [5, 5.41) is 3.38. The van der Waals surface area contributed by atoms with E-state index in [0.29, 0.717) is 6.42 Å². The Bertz CT molecular complexity index is 584. The van der Waals surface area contributed by atoms with Crippen LogP contribution in [0.4, 0.5) is 5.69 Å². The van der Waals surface area contributed by atoms with Crippen molar-refractivity contribution < 1.29 is 4.79 Å². The van der Waals surface area contributed by atoms with Crippen molar-refractivity contribution in [3.63, 3.8) is 0 Å². The van der Waals surface area contributed by atoms with Crippen LogP contribution in [0.1, 0.15) is 31.2 Å². The standard InChI is InChI=1S/C18H26N4O.HI/c1-19-18(21-12-4-5-13-21)20-11-6-9-17(23)22-14-10-15-7-2-3-8-16(15)22;/h2-3,7-8H,4-6,9-14H2,1H3,(H,19,20);1H. The normalized spacial score (nSPS) is 16.8. The molecule has 1 saturated heterocycles. The third-order valence-electron chi connectivity index (χ3n) is 4.66. The first-order valence-electron chi connectivity index (χ1n) is 8.63. The van der Waals surface area contributed by atoms with Crippen LogP contribution in [0, 0.1) is 0 Å². The van der Waals surface area contributed by atoms with Crippen molar-refractivity contribution in [3.05, 3.63) is 29.8 Å². The van der Waals surface area contributed by atoms with Gasteiger partial charge in [0, 0.05) is 45.3 Å². The predicted molar refractivity (Wildman–Crippen MR) is 109 cm³/mol. The largest absolute Gasteiger partial charge is 0.356 e. The first-order chi connectivity index (χ1) is 11.3. The van der Waals surface area contributed by atoms with E-state index in [1.54, 1.807) is 0 Å². The highest BCUT2D eigenvalue weighted by molar-refractivity contribution is 14.0. The SMILES string of the molecule is CN=C(NCCCC(=O)N1CCc2ccccc21)N1CCCC1.I. The summed E-state index contributed by atoms with van der Waals surface area (Å²) in [5.41, 5.74) is 2.38. The number of hydrogen-bond acceptors (Lipinski definition) is 2. The molecule has 0 spiro atoms. The van der Waals surface area contributed by atoms with Crippen molar-refractivity contribution >= 4 is 41.5 Å². The van der Waals surface area contributed by atoms with Crippen molar-refractivity contribution in [2.24, 2.45) is 4.99 Å². The maximum absolute atomic E-state index is 12.4. The zero-order chi connectivity index (χ0) is 16.1. The molecule has 2 heterocycles. The molecule has 6 heteroatoms. The van der Waals surface area contributed by atoms with Gasteiger partial charge in [-0.25, -0.2) is 0 Å². The van der Waals surface area contributed by atoms with Crippen LogP contribution < -0.4 is 10.2 Å². The van der Waals surface area contributed by atoms with Gasteiger partial charge in [0.05, 0.1) is 0 Å². The molecule has 0 aliphatic carbocycles. The van der Waals surface area contributed by atoms with Gasteiger partial charge >= 0.3 is 0 Å². The highest BCUT2D eigenvalue weighted by Gasteiger charge is 2.23. The van der Waals surface area contributed by atoms with E-state index in [2.05, 4.69) is 21.3 Å². The third kappa shape index (κ3) is 4.40. The summed E-state index contributed by atoms with van der Waals surface area (Å²) in [5.74, 6) is 1.20. The van der Waals surface area contributed by atoms with Crippen LogP contribution in [-0.2, 0) is 11.2 Å². The summed E-state index contributed by atoms with van der Waals surface area (Å²) in [6.45, 7) is 3.79. The maximum atomic E-state index is 12.4. The summed E-state index contributed by atoms with van der Waals surface area (Å²) in [7, 11) is 1.83. The minimum absolute atomic E-state index is 0. The van der Waals surface area contributed by atoms with Crippen LogP contribution in [0.15, 0.2) is 29.3 Å². The second-order valence-corrected chi connectivity index (χ2v) is 6.20. The number of likely N-dealkylation sites (tertiary alicyclic amines) is 1. The van der Waals surface area contributed by atoms with E-state index >= 15 is 0 Å². The Morgan fingerprint density at radius 3 is 2.71 bits per heavy atom. The molecule has 5 nitrogen and oxygen atoms in total. The Balaban J connectivity index is 0.00000208. The fourth-order valence-electron chi connectivity index (χ4n) is 3.43. The summed E-state index contributed by atoms with van der Waals surface area (Å²) < 4.78 is 0. The monoisotopic (exact) mass is 442 g/mol. The average Bonchev–Trinajstić information content (AvgIpc) is 3.24. The molecule has 0 unspecified atom stereocenters. The number of halogens is 1. The third-order valence-corrected chi connectivity index (χ3v) is 4.66. The lowest BCUT2D eigenvalue weighted by atomic mass is 10.2. The molecule has 132 valence electrons. The van der Waals surface area contributed by atoms with Crippen molar-refractivity contribution in [2.45, 2.75) is 32.1 Å². The molecule has 0 radical (unpaired) electrons. The number of nitrogens with zero attached hydrogens (tertiary/aromatic N) is 3. The topological polar surface area (TPSA) is 47.9 Å². The van der Waals surface area contributed by atoms with Gasteiger partial charge in [-0.05, 0) is 37.3 Å². The number of anilines is 1. The van der Waals surface area contributed by atoms with E-state index in [1.807, 2.05) is 30.1 Å². The van der Waals surface area contributed by atoms with Crippen LogP contribution in [-0.4, -0.2) is 50.0 Å². The van der Waals surface area contributed by atoms with Crippen molar-refractivity contribution in [1.82, 2.24) is 10.2 Å². The van der Waals surface area contributed by atoms with E-state index in [-0.39, 0.29) is 29.9 Å². The second kappa shape index (κ2) is 9.25. The van der Waals surface area contributed by atoms with E-state index in [4.69, 9.17) is 0 Å². The molecule has 1 N–H and O–H groups in total. The van der Waals surface area contributed by atoms with E-state index in [0.717, 1.165) is 50.7 Å². The number of amides is 1. The average molecular weight is 442 g/mol. The second-order valence-electron chi connectivity index (χ2n) is 6.20. The summed E-state index contributed by atoms with van der Waals surface area (Å²) >= 11 is 0. The van der Waals surface area contributed by atoms with Gasteiger partial charge in [-0.1, -0.05) is 18.2 Å². The fraction of sp³-hybridized carbons (Fsp3) is 0.556. The minimum Gasteiger partial charge on any atom is -0.356 e. The molecule has 24 heavy (non-hydrogen) atoms. The number of guanidine groups is 1. The van der Waals surface area contributed by atoms with Gasteiger partial charge in [0.2, 0.25) is 5.91 Å². The van der Waals surface area contributed by atoms with E-state index < -0.39 is 0 Å². The number of benzene rings is 1. The molecule has 2 aliphatic rings. The molecular weight excluding hydrogens is 415 g/mol. The molecule has 0 atom stereocenters. The molecule has 3 rings (SSSR count). The van der Waals surface area contributed by atoms with Crippen molar-refractivity contribution in [3.8, 4) is 0 Å². The number of carbonyl (C=O) groups is 1. The Morgan fingerprint density at radius 1 is 1.21 bits per heavy atom. The molecule has 1 aromatic carbocycles. The Kier molecular flexibility index (Phi) is 7.33. The van der Waals surface area contributed by atoms with Gasteiger partial charge in [-0.15, -0.1) is 24.0 Å². The van der Waals surface area contributed by atoms with Gasteiger partial charge in [-0.2, -0.15) is 0 Å². The minimum atomic E-state index is 0. The van der Waals surface area contributed by atoms with Crippen LogP contribution in [0.2, 0.25) is 0 Å². The molecule has 0 aromatic heterocycles. The highest BCUT2D eigenvalue weighted by atomic mass is 127. The van der Waals surface area contributed by atoms with Crippen LogP contribution in [0.25, 0.3) is 0 Å². The first-order valence-corrected chi connectivity index (χ1v) is 8.63. The zero-order valence-corrected chi connectivity index (χ0v) is 16.7. The lowest BCUT2D eigenvalue weighted by Gasteiger charge is -2.21. The van der Waals surface area contributed by atoms with Crippen molar-refractivity contribution in [1.29, 1.82) is 0 Å². The number of aliphatic imine (C=N–C) groups is 1. The Labute approximate surface area is 161 Å². The van der Waals surface area contributed by atoms with Crippen LogP contribution >= 0.6 is 24.0 Å². The number of rotatable bonds is 4. The molecule has 2 aliphatic heterocycles. The number of hydrogen-bond donors (Lipinski definition) is 1. The van der Waals surface area contributed by atoms with E-state index in [9.17, 15) is 4.79 Å².